The second-order valence-corrected chi connectivity index (χ2v) is 11.0. The molecule has 1 fully saturated rings. The topological polar surface area (TPSA) is 61.4 Å². The maximum atomic E-state index is 14.6. The summed E-state index contributed by atoms with van der Waals surface area (Å²) in [6.45, 7) is 8.61. The Morgan fingerprint density at radius 3 is 2.55 bits per heavy atom. The van der Waals surface area contributed by atoms with Gasteiger partial charge in [0.05, 0.1) is 11.3 Å². The summed E-state index contributed by atoms with van der Waals surface area (Å²) in [5, 5.41) is 13.3. The Morgan fingerprint density at radius 2 is 1.89 bits per heavy atom. The molecule has 0 aliphatic carbocycles. The molecule has 0 atom stereocenters. The fourth-order valence-corrected chi connectivity index (χ4v) is 5.16. The molecule has 38 heavy (non-hydrogen) atoms. The quantitative estimate of drug-likeness (QED) is 0.351. The molecule has 4 rings (SSSR count). The number of carbonyl (C=O) groups excluding carboxylic acids is 1. The molecule has 204 valence electrons. The minimum Gasteiger partial charge on any atom is -0.374 e. The highest BCUT2D eigenvalue weighted by molar-refractivity contribution is 5.97. The highest BCUT2D eigenvalue weighted by Gasteiger charge is 2.28. The zero-order valence-electron chi connectivity index (χ0n) is 22.7. The molecule has 0 saturated carbocycles. The number of hydrogen-bond donors (Lipinski definition) is 1. The molecule has 0 spiro atoms. The Labute approximate surface area is 222 Å². The molecular weight excluding hydrogens is 491 g/mol. The standard InChI is InChI=1S/C29H36F3N5O/c1-18-22-13-24(29(2,3)17-38)25(37(5)16-19-9-11-36(4)12-10-19)14-23(22)28(35-34-18)33-15-20-7-6-8-21(26(20)30)27(31)32/h6-8,13-14,17,19,27H,9-12,15-16H2,1-5H3,(H,33,35). The number of nitrogens with zero attached hydrogens (tertiary/aromatic N) is 4. The van der Waals surface area contributed by atoms with Crippen molar-refractivity contribution in [3.63, 3.8) is 0 Å². The van der Waals surface area contributed by atoms with Gasteiger partial charge < -0.3 is 19.9 Å². The predicted octanol–water partition coefficient (Wildman–Crippen LogP) is 5.88. The molecular formula is C29H36F3N5O. The van der Waals surface area contributed by atoms with Gasteiger partial charge >= 0.3 is 0 Å². The molecule has 1 aliphatic heterocycles. The van der Waals surface area contributed by atoms with Gasteiger partial charge in [-0.25, -0.2) is 13.2 Å². The van der Waals surface area contributed by atoms with E-state index in [0.717, 1.165) is 66.9 Å². The van der Waals surface area contributed by atoms with Gasteiger partial charge in [0, 0.05) is 47.6 Å². The van der Waals surface area contributed by atoms with Crippen molar-refractivity contribution in [2.45, 2.75) is 52.0 Å². The van der Waals surface area contributed by atoms with Gasteiger partial charge in [-0.15, -0.1) is 5.10 Å². The SMILES string of the molecule is Cc1nnc(NCc2cccc(C(F)F)c2F)c2cc(N(C)CC3CCN(C)CC3)c(C(C)(C)C=O)cc12. The van der Waals surface area contributed by atoms with Gasteiger partial charge in [0.1, 0.15) is 12.1 Å². The number of fused-ring (bicyclic) bond motifs is 1. The van der Waals surface area contributed by atoms with E-state index in [4.69, 9.17) is 0 Å². The van der Waals surface area contributed by atoms with E-state index < -0.39 is 23.2 Å². The summed E-state index contributed by atoms with van der Waals surface area (Å²) in [5.41, 5.74) is 1.29. The van der Waals surface area contributed by atoms with E-state index in [9.17, 15) is 18.0 Å². The van der Waals surface area contributed by atoms with Crippen LogP contribution in [0.15, 0.2) is 30.3 Å². The van der Waals surface area contributed by atoms with Crippen molar-refractivity contribution < 1.29 is 18.0 Å². The molecule has 1 aliphatic rings. The minimum atomic E-state index is -2.89. The zero-order chi connectivity index (χ0) is 27.6. The number of likely N-dealkylation sites (tertiary alicyclic amines) is 1. The van der Waals surface area contributed by atoms with Crippen LogP contribution in [0.2, 0.25) is 0 Å². The van der Waals surface area contributed by atoms with Gasteiger partial charge in [0.25, 0.3) is 6.43 Å². The molecule has 1 aromatic heterocycles. The summed E-state index contributed by atoms with van der Waals surface area (Å²) in [6.07, 6.45) is 0.295. The first-order valence-corrected chi connectivity index (χ1v) is 13.0. The largest absolute Gasteiger partial charge is 0.374 e. The van der Waals surface area contributed by atoms with E-state index in [-0.39, 0.29) is 12.1 Å². The number of aryl methyl sites for hydroxylation is 1. The number of aldehydes is 1. The van der Waals surface area contributed by atoms with Crippen LogP contribution in [0.5, 0.6) is 0 Å². The number of carbonyl (C=O) groups is 1. The van der Waals surface area contributed by atoms with Gasteiger partial charge in [-0.3, -0.25) is 0 Å². The van der Waals surface area contributed by atoms with E-state index in [2.05, 4.69) is 32.4 Å². The lowest BCUT2D eigenvalue weighted by Gasteiger charge is -2.34. The van der Waals surface area contributed by atoms with Crippen molar-refractivity contribution in [2.75, 3.05) is 43.9 Å². The van der Waals surface area contributed by atoms with Crippen molar-refractivity contribution in [3.05, 3.63) is 58.5 Å². The number of aromatic nitrogens is 2. The average molecular weight is 528 g/mol. The average Bonchev–Trinajstić information content (AvgIpc) is 2.89. The number of alkyl halides is 2. The van der Waals surface area contributed by atoms with Crippen LogP contribution in [0.3, 0.4) is 0 Å². The van der Waals surface area contributed by atoms with E-state index >= 15 is 0 Å². The maximum absolute atomic E-state index is 14.6. The van der Waals surface area contributed by atoms with Crippen LogP contribution in [0, 0.1) is 18.7 Å². The number of nitrogens with one attached hydrogen (secondary N) is 1. The number of rotatable bonds is 9. The first kappa shape index (κ1) is 27.8. The van der Waals surface area contributed by atoms with Gasteiger partial charge in [-0.05, 0) is 77.4 Å². The molecule has 2 heterocycles. The fraction of sp³-hybridized carbons (Fsp3) is 0.483. The zero-order valence-corrected chi connectivity index (χ0v) is 22.7. The van der Waals surface area contributed by atoms with E-state index in [1.165, 1.54) is 12.1 Å². The summed E-state index contributed by atoms with van der Waals surface area (Å²) < 4.78 is 41.0. The Balaban J connectivity index is 1.73. The van der Waals surface area contributed by atoms with Gasteiger partial charge in [0.2, 0.25) is 0 Å². The molecule has 9 heteroatoms. The monoisotopic (exact) mass is 527 g/mol. The van der Waals surface area contributed by atoms with Crippen LogP contribution in [0.4, 0.5) is 24.7 Å². The lowest BCUT2D eigenvalue weighted by Crippen LogP contribution is -2.36. The van der Waals surface area contributed by atoms with Crippen molar-refractivity contribution in [3.8, 4) is 0 Å². The first-order chi connectivity index (χ1) is 18.0. The van der Waals surface area contributed by atoms with Crippen LogP contribution in [0.25, 0.3) is 10.8 Å². The molecule has 2 aromatic carbocycles. The molecule has 3 aromatic rings. The Bertz CT molecular complexity index is 1310. The van der Waals surface area contributed by atoms with Gasteiger partial charge in [-0.1, -0.05) is 18.2 Å². The van der Waals surface area contributed by atoms with Gasteiger partial charge in [0.15, 0.2) is 5.82 Å². The van der Waals surface area contributed by atoms with E-state index in [1.54, 1.807) is 0 Å². The van der Waals surface area contributed by atoms with Crippen LogP contribution in [-0.4, -0.2) is 55.1 Å². The Morgan fingerprint density at radius 1 is 1.18 bits per heavy atom. The molecule has 0 amide bonds. The van der Waals surface area contributed by atoms with Crippen LogP contribution < -0.4 is 10.2 Å². The Hall–Kier alpha value is -3.20. The molecule has 0 radical (unpaired) electrons. The number of piperidine rings is 1. The lowest BCUT2D eigenvalue weighted by atomic mass is 9.83. The predicted molar refractivity (Wildman–Crippen MR) is 146 cm³/mol. The third-order valence-electron chi connectivity index (χ3n) is 7.64. The number of benzene rings is 2. The van der Waals surface area contributed by atoms with E-state index in [1.807, 2.05) is 40.0 Å². The number of hydrogen-bond acceptors (Lipinski definition) is 6. The summed E-state index contributed by atoms with van der Waals surface area (Å²) in [7, 11) is 4.19. The van der Waals surface area contributed by atoms with Gasteiger partial charge in [-0.2, -0.15) is 5.10 Å². The highest BCUT2D eigenvalue weighted by atomic mass is 19.3. The summed E-state index contributed by atoms with van der Waals surface area (Å²) in [4.78, 5) is 16.7. The molecule has 0 bridgehead atoms. The molecule has 1 N–H and O–H groups in total. The van der Waals surface area contributed by atoms with Crippen LogP contribution >= 0.6 is 0 Å². The fourth-order valence-electron chi connectivity index (χ4n) is 5.16. The molecule has 1 saturated heterocycles. The Kier molecular flexibility index (Phi) is 8.25. The van der Waals surface area contributed by atoms with Crippen LogP contribution in [0.1, 0.15) is 55.5 Å². The van der Waals surface area contributed by atoms with E-state index in [0.29, 0.717) is 17.4 Å². The second-order valence-electron chi connectivity index (χ2n) is 11.0. The number of halogens is 3. The maximum Gasteiger partial charge on any atom is 0.266 e. The normalized spacial score (nSPS) is 15.3. The highest BCUT2D eigenvalue weighted by Crippen LogP contribution is 2.38. The third-order valence-corrected chi connectivity index (χ3v) is 7.64. The molecule has 0 unspecified atom stereocenters. The van der Waals surface area contributed by atoms with Crippen molar-refractivity contribution >= 4 is 28.6 Å². The lowest BCUT2D eigenvalue weighted by molar-refractivity contribution is -0.111. The summed E-state index contributed by atoms with van der Waals surface area (Å²) in [6, 6.07) is 8.00. The summed E-state index contributed by atoms with van der Waals surface area (Å²) in [5.74, 6) is 0.0452. The third kappa shape index (κ3) is 5.77. The molecule has 6 nitrogen and oxygen atoms in total. The first-order valence-electron chi connectivity index (χ1n) is 13.0. The number of anilines is 2. The van der Waals surface area contributed by atoms with Crippen LogP contribution in [-0.2, 0) is 16.8 Å². The smallest absolute Gasteiger partial charge is 0.266 e. The van der Waals surface area contributed by atoms with Crippen molar-refractivity contribution in [1.29, 1.82) is 0 Å². The second kappa shape index (κ2) is 11.3. The van der Waals surface area contributed by atoms with Crippen molar-refractivity contribution in [2.24, 2.45) is 5.92 Å². The summed E-state index contributed by atoms with van der Waals surface area (Å²) >= 11 is 0. The minimum absolute atomic E-state index is 0.0262. The van der Waals surface area contributed by atoms with Crippen molar-refractivity contribution in [1.82, 2.24) is 15.1 Å².